The van der Waals surface area contributed by atoms with Crippen molar-refractivity contribution in [1.29, 1.82) is 0 Å². The lowest BCUT2D eigenvalue weighted by atomic mass is 9.92. The molecule has 3 heterocycles. The summed E-state index contributed by atoms with van der Waals surface area (Å²) >= 11 is 1.54. The predicted octanol–water partition coefficient (Wildman–Crippen LogP) is 3.79. The van der Waals surface area contributed by atoms with Gasteiger partial charge in [0.25, 0.3) is 6.43 Å². The summed E-state index contributed by atoms with van der Waals surface area (Å²) < 4.78 is 41.4. The lowest BCUT2D eigenvalue weighted by molar-refractivity contribution is -0.124. The summed E-state index contributed by atoms with van der Waals surface area (Å²) in [6, 6.07) is 7.54. The number of alkyl halides is 2. The first-order chi connectivity index (χ1) is 20.8. The number of benzene rings is 1. The number of imidazole rings is 1. The zero-order valence-electron chi connectivity index (χ0n) is 23.7. The van der Waals surface area contributed by atoms with Crippen LogP contribution in [0.2, 0.25) is 0 Å². The van der Waals surface area contributed by atoms with E-state index in [1.165, 1.54) is 4.57 Å². The van der Waals surface area contributed by atoms with E-state index in [1.807, 2.05) is 11.2 Å². The number of morpholine rings is 1. The third-order valence-corrected chi connectivity index (χ3v) is 8.16. The van der Waals surface area contributed by atoms with Crippen LogP contribution in [0, 0.1) is 0 Å². The van der Waals surface area contributed by atoms with Crippen LogP contribution in [0.4, 0.5) is 19.5 Å². The molecule has 3 aromatic rings. The van der Waals surface area contributed by atoms with Gasteiger partial charge in [-0.1, -0.05) is 12.1 Å². The van der Waals surface area contributed by atoms with Crippen molar-refractivity contribution in [1.82, 2.24) is 30.2 Å². The van der Waals surface area contributed by atoms with E-state index in [9.17, 15) is 18.4 Å². The van der Waals surface area contributed by atoms with Gasteiger partial charge in [0, 0.05) is 25.2 Å². The maximum absolute atomic E-state index is 14.1. The van der Waals surface area contributed by atoms with Crippen LogP contribution in [0.5, 0.6) is 5.88 Å². The number of rotatable bonds is 11. The van der Waals surface area contributed by atoms with Crippen LogP contribution in [0.15, 0.2) is 30.3 Å². The molecule has 2 aliphatic rings. The van der Waals surface area contributed by atoms with E-state index in [0.29, 0.717) is 81.1 Å². The van der Waals surface area contributed by atoms with Crippen molar-refractivity contribution in [3.8, 4) is 11.7 Å². The molecular weight excluding hydrogens is 584 g/mol. The number of nitrogens with one attached hydrogen (secondary N) is 2. The van der Waals surface area contributed by atoms with Crippen molar-refractivity contribution in [3.63, 3.8) is 0 Å². The van der Waals surface area contributed by atoms with Crippen molar-refractivity contribution in [2.75, 3.05) is 43.2 Å². The van der Waals surface area contributed by atoms with Crippen LogP contribution < -0.4 is 20.3 Å². The fourth-order valence-electron chi connectivity index (χ4n) is 5.36. The monoisotopic (exact) mass is 619 g/mol. The molecule has 12 nitrogen and oxygen atoms in total. The smallest absolute Gasteiger partial charge is 0.405 e. The maximum Gasteiger partial charge on any atom is 0.405 e. The minimum absolute atomic E-state index is 0.115. The van der Waals surface area contributed by atoms with Gasteiger partial charge in [0.15, 0.2) is 5.82 Å². The number of aromatic nitrogens is 4. The van der Waals surface area contributed by atoms with E-state index >= 15 is 0 Å². The number of carbonyl (C=O) groups excluding carboxylic acids is 1. The molecule has 5 rings (SSSR count). The summed E-state index contributed by atoms with van der Waals surface area (Å²) in [6.07, 6.45) is 0.536. The van der Waals surface area contributed by atoms with E-state index in [1.54, 1.807) is 42.1 Å². The number of carbonyl (C=O) groups is 2. The van der Waals surface area contributed by atoms with Gasteiger partial charge in [0.2, 0.25) is 17.7 Å². The van der Waals surface area contributed by atoms with Crippen molar-refractivity contribution >= 4 is 40.7 Å². The van der Waals surface area contributed by atoms with Crippen molar-refractivity contribution in [3.05, 3.63) is 36.2 Å². The number of anilines is 1. The Labute approximate surface area is 251 Å². The Balaban J connectivity index is 1.33. The third-order valence-electron chi connectivity index (χ3n) is 7.52. The summed E-state index contributed by atoms with van der Waals surface area (Å²) in [5.74, 6) is 0.761. The molecule has 1 atom stereocenters. The first-order valence-electron chi connectivity index (χ1n) is 14.3. The van der Waals surface area contributed by atoms with Crippen molar-refractivity contribution in [2.45, 2.75) is 56.7 Å². The molecule has 0 spiro atoms. The maximum atomic E-state index is 14.1. The molecule has 43 heavy (non-hydrogen) atoms. The highest BCUT2D eigenvalue weighted by atomic mass is 32.2. The summed E-state index contributed by atoms with van der Waals surface area (Å²) in [5, 5.41) is 14.4. The lowest BCUT2D eigenvalue weighted by Crippen LogP contribution is -2.50. The van der Waals surface area contributed by atoms with Gasteiger partial charge in [-0.2, -0.15) is 21.7 Å². The molecule has 1 saturated heterocycles. The van der Waals surface area contributed by atoms with Gasteiger partial charge in [-0.3, -0.25) is 9.36 Å². The Kier molecular flexibility index (Phi) is 10.1. The number of para-hydroxylation sites is 2. The van der Waals surface area contributed by atoms with Crippen LogP contribution in [-0.4, -0.2) is 93.1 Å². The first-order valence-corrected chi connectivity index (χ1v) is 15.6. The molecular formula is C28H35F2N7O5S. The molecule has 15 heteroatoms. The summed E-state index contributed by atoms with van der Waals surface area (Å²) in [5.41, 5.74) is 0.932. The number of hydrogen-bond acceptors (Lipinski definition) is 9. The molecule has 0 unspecified atom stereocenters. The minimum Gasteiger partial charge on any atom is -0.474 e. The van der Waals surface area contributed by atoms with E-state index in [2.05, 4.69) is 25.6 Å². The molecule has 3 N–H and O–H groups in total. The minimum atomic E-state index is -2.82. The van der Waals surface area contributed by atoms with Gasteiger partial charge in [0.1, 0.15) is 18.0 Å². The number of fused-ring (bicyclic) bond motifs is 1. The molecule has 1 aliphatic heterocycles. The fourth-order valence-corrected chi connectivity index (χ4v) is 5.83. The quantitative estimate of drug-likeness (QED) is 0.290. The van der Waals surface area contributed by atoms with Crippen LogP contribution in [0.3, 0.4) is 0 Å². The normalized spacial score (nSPS) is 19.8. The summed E-state index contributed by atoms with van der Waals surface area (Å²) in [4.78, 5) is 39.3. The number of hydrogen-bond donors (Lipinski definition) is 3. The number of halogens is 2. The number of amides is 2. The van der Waals surface area contributed by atoms with E-state index in [0.717, 1.165) is 0 Å². The Morgan fingerprint density at radius 1 is 1.14 bits per heavy atom. The fraction of sp³-hybridized carbons (Fsp3) is 0.536. The molecule has 2 amide bonds. The third kappa shape index (κ3) is 7.63. The predicted molar refractivity (Wildman–Crippen MR) is 157 cm³/mol. The average molecular weight is 620 g/mol. The first kappa shape index (κ1) is 30.7. The number of thioether (sulfide) groups is 1. The zero-order chi connectivity index (χ0) is 30.3. The Bertz CT molecular complexity index is 1410. The molecule has 1 aliphatic carbocycles. The second-order valence-corrected chi connectivity index (χ2v) is 11.4. The van der Waals surface area contributed by atoms with Crippen LogP contribution in [-0.2, 0) is 9.53 Å². The lowest BCUT2D eigenvalue weighted by Gasteiger charge is -2.31. The largest absolute Gasteiger partial charge is 0.474 e. The second kappa shape index (κ2) is 14.2. The molecule has 232 valence electrons. The molecule has 0 radical (unpaired) electrons. The molecule has 2 aromatic heterocycles. The standard InChI is InChI=1S/C28H35F2N7O5S/c1-43-15-10-20(33-28(39)40)26(38)31-17-6-8-18(9-7-17)42-23-16-22(34-27(35-23)36-11-13-41-14-12-36)37-21-5-3-2-4-19(21)32-25(37)24(29)30/h2-5,16-18,20,24,33H,6-15H2,1H3,(H,31,38)(H,39,40)/t17-,18-,20-/m0/s1. The highest BCUT2D eigenvalue weighted by Crippen LogP contribution is 2.31. The Morgan fingerprint density at radius 2 is 1.88 bits per heavy atom. The summed E-state index contributed by atoms with van der Waals surface area (Å²) in [6.45, 7) is 2.09. The zero-order valence-corrected chi connectivity index (χ0v) is 24.6. The average Bonchev–Trinajstić information content (AvgIpc) is 3.41. The van der Waals surface area contributed by atoms with E-state index < -0.39 is 24.4 Å². The van der Waals surface area contributed by atoms with Gasteiger partial charge in [0.05, 0.1) is 24.2 Å². The van der Waals surface area contributed by atoms with Crippen LogP contribution in [0.1, 0.15) is 44.4 Å². The Morgan fingerprint density at radius 3 is 2.58 bits per heavy atom. The van der Waals surface area contributed by atoms with Crippen LogP contribution >= 0.6 is 11.8 Å². The summed E-state index contributed by atoms with van der Waals surface area (Å²) in [7, 11) is 0. The van der Waals surface area contributed by atoms with E-state index in [4.69, 9.17) is 14.6 Å². The second-order valence-electron chi connectivity index (χ2n) is 10.4. The topological polar surface area (TPSA) is 144 Å². The SMILES string of the molecule is CSCC[C@H](NC(=O)O)C(=O)N[C@H]1CC[C@H](Oc2cc(-n3c(C(F)F)nc4ccccc43)nc(N3CCOCC3)n2)CC1. The van der Waals surface area contributed by atoms with Gasteiger partial charge >= 0.3 is 6.09 Å². The van der Waals surface area contributed by atoms with Gasteiger partial charge < -0.3 is 30.1 Å². The van der Waals surface area contributed by atoms with Gasteiger partial charge in [-0.15, -0.1) is 0 Å². The van der Waals surface area contributed by atoms with Crippen molar-refractivity contribution in [2.24, 2.45) is 0 Å². The van der Waals surface area contributed by atoms with Crippen LogP contribution in [0.25, 0.3) is 16.9 Å². The molecule has 1 saturated carbocycles. The molecule has 2 fully saturated rings. The Hall–Kier alpha value is -3.72. The molecule has 0 bridgehead atoms. The number of carboxylic acid groups (broad SMARTS) is 1. The highest BCUT2D eigenvalue weighted by molar-refractivity contribution is 7.98. The van der Waals surface area contributed by atoms with Gasteiger partial charge in [-0.25, -0.2) is 18.6 Å². The van der Waals surface area contributed by atoms with Gasteiger partial charge in [-0.05, 0) is 56.2 Å². The number of ether oxygens (including phenoxy) is 2. The van der Waals surface area contributed by atoms with E-state index in [-0.39, 0.29) is 29.8 Å². The van der Waals surface area contributed by atoms with Crippen molar-refractivity contribution < 1.29 is 33.0 Å². The number of nitrogens with zero attached hydrogens (tertiary/aromatic N) is 5. The highest BCUT2D eigenvalue weighted by Gasteiger charge is 2.29. The molecule has 1 aromatic carbocycles.